The molecular weight excluding hydrogens is 500 g/mol. The standard InChI is InChI=1S/C25H31ClN6O3S/c1-35-20-5-3-2-4-19(20)29-8-12-31(13-9-29)23(33)17-36-25-27-21(26)16-22(28-25)30-10-14-32(15-11-30)24(34)18-6-7-18/h2-5,16,18H,6-15,17H2,1H3. The van der Waals surface area contributed by atoms with E-state index in [9.17, 15) is 9.59 Å². The summed E-state index contributed by atoms with van der Waals surface area (Å²) < 4.78 is 5.48. The highest BCUT2D eigenvalue weighted by Gasteiger charge is 2.34. The Kier molecular flexibility index (Phi) is 7.71. The number of hydrogen-bond acceptors (Lipinski definition) is 8. The molecule has 1 aromatic carbocycles. The van der Waals surface area contributed by atoms with Crippen molar-refractivity contribution in [2.75, 3.05) is 75.0 Å². The lowest BCUT2D eigenvalue weighted by Crippen LogP contribution is -2.49. The number of methoxy groups -OCH3 is 1. The number of hydrogen-bond donors (Lipinski definition) is 0. The molecule has 2 saturated heterocycles. The third-order valence-corrected chi connectivity index (χ3v) is 7.91. The minimum atomic E-state index is 0.0667. The van der Waals surface area contributed by atoms with Crippen LogP contribution < -0.4 is 14.5 Å². The van der Waals surface area contributed by atoms with Crippen LogP contribution in [0.3, 0.4) is 0 Å². The van der Waals surface area contributed by atoms with E-state index >= 15 is 0 Å². The lowest BCUT2D eigenvalue weighted by atomic mass is 10.2. The average molecular weight is 531 g/mol. The molecule has 3 aliphatic rings. The SMILES string of the molecule is COc1ccccc1N1CCN(C(=O)CSc2nc(Cl)cc(N3CCN(C(=O)C4CC4)CC3)n2)CC1. The molecule has 9 nitrogen and oxygen atoms in total. The van der Waals surface area contributed by atoms with Gasteiger partial charge < -0.3 is 24.3 Å². The smallest absolute Gasteiger partial charge is 0.233 e. The molecule has 0 bridgehead atoms. The van der Waals surface area contributed by atoms with Crippen molar-refractivity contribution >= 4 is 46.7 Å². The van der Waals surface area contributed by atoms with Crippen molar-refractivity contribution in [3.05, 3.63) is 35.5 Å². The van der Waals surface area contributed by atoms with Crippen molar-refractivity contribution in [2.24, 2.45) is 5.92 Å². The number of anilines is 2. The molecule has 1 aromatic heterocycles. The number of carbonyl (C=O) groups excluding carboxylic acids is 2. The topological polar surface area (TPSA) is 82.1 Å². The summed E-state index contributed by atoms with van der Waals surface area (Å²) >= 11 is 7.61. The van der Waals surface area contributed by atoms with Gasteiger partial charge in [0.25, 0.3) is 0 Å². The van der Waals surface area contributed by atoms with Crippen LogP contribution in [0.15, 0.2) is 35.5 Å². The van der Waals surface area contributed by atoms with Crippen LogP contribution in [0.1, 0.15) is 12.8 Å². The van der Waals surface area contributed by atoms with Gasteiger partial charge in [0.15, 0.2) is 5.16 Å². The summed E-state index contributed by atoms with van der Waals surface area (Å²) in [5.41, 5.74) is 1.05. The summed E-state index contributed by atoms with van der Waals surface area (Å²) in [5.74, 6) is 2.45. The van der Waals surface area contributed by atoms with Crippen molar-refractivity contribution in [3.8, 4) is 5.75 Å². The monoisotopic (exact) mass is 530 g/mol. The summed E-state index contributed by atoms with van der Waals surface area (Å²) in [6.45, 7) is 5.63. The van der Waals surface area contributed by atoms with Gasteiger partial charge in [0.05, 0.1) is 18.6 Å². The number of benzene rings is 1. The Balaban J connectivity index is 1.12. The Hall–Kier alpha value is -2.72. The number of piperazine rings is 2. The third-order valence-electron chi connectivity index (χ3n) is 6.89. The Morgan fingerprint density at radius 2 is 1.64 bits per heavy atom. The van der Waals surface area contributed by atoms with Gasteiger partial charge in [0.1, 0.15) is 16.7 Å². The molecule has 0 atom stereocenters. The lowest BCUT2D eigenvalue weighted by molar-refractivity contribution is -0.133. The zero-order chi connectivity index (χ0) is 25.1. The van der Waals surface area contributed by atoms with Crippen molar-refractivity contribution in [1.29, 1.82) is 0 Å². The second-order valence-electron chi connectivity index (χ2n) is 9.25. The minimum absolute atomic E-state index is 0.0667. The quantitative estimate of drug-likeness (QED) is 0.307. The van der Waals surface area contributed by atoms with Crippen LogP contribution in [0.25, 0.3) is 0 Å². The van der Waals surface area contributed by atoms with Gasteiger partial charge in [0, 0.05) is 64.3 Å². The van der Waals surface area contributed by atoms with Gasteiger partial charge in [-0.25, -0.2) is 9.97 Å². The average Bonchev–Trinajstić information content (AvgIpc) is 3.77. The number of thioether (sulfide) groups is 1. The second-order valence-corrected chi connectivity index (χ2v) is 10.6. The molecule has 192 valence electrons. The molecule has 1 aliphatic carbocycles. The first-order chi connectivity index (χ1) is 17.5. The maximum Gasteiger partial charge on any atom is 0.233 e. The molecule has 5 rings (SSSR count). The molecule has 0 radical (unpaired) electrons. The summed E-state index contributed by atoms with van der Waals surface area (Å²) in [6, 6.07) is 9.71. The molecule has 0 unspecified atom stereocenters. The molecular formula is C25H31ClN6O3S. The minimum Gasteiger partial charge on any atom is -0.495 e. The fourth-order valence-corrected chi connectivity index (χ4v) is 5.65. The van der Waals surface area contributed by atoms with Gasteiger partial charge in [-0.05, 0) is 25.0 Å². The van der Waals surface area contributed by atoms with Gasteiger partial charge in [-0.1, -0.05) is 35.5 Å². The van der Waals surface area contributed by atoms with Crippen LogP contribution in [-0.2, 0) is 9.59 Å². The number of rotatable bonds is 7. The highest BCUT2D eigenvalue weighted by atomic mass is 35.5. The highest BCUT2D eigenvalue weighted by Crippen LogP contribution is 2.32. The molecule has 2 aromatic rings. The number of ether oxygens (including phenoxy) is 1. The molecule has 36 heavy (non-hydrogen) atoms. The van der Waals surface area contributed by atoms with Crippen LogP contribution in [0.2, 0.25) is 5.15 Å². The van der Waals surface area contributed by atoms with Crippen LogP contribution >= 0.6 is 23.4 Å². The first-order valence-electron chi connectivity index (χ1n) is 12.4. The molecule has 3 heterocycles. The number of amides is 2. The zero-order valence-corrected chi connectivity index (χ0v) is 22.0. The number of carbonyl (C=O) groups is 2. The molecule has 0 spiro atoms. The van der Waals surface area contributed by atoms with Crippen LogP contribution in [0, 0.1) is 5.92 Å². The van der Waals surface area contributed by atoms with Crippen LogP contribution in [0.5, 0.6) is 5.75 Å². The van der Waals surface area contributed by atoms with E-state index in [0.29, 0.717) is 49.6 Å². The largest absolute Gasteiger partial charge is 0.495 e. The van der Waals surface area contributed by atoms with Crippen molar-refractivity contribution in [2.45, 2.75) is 18.0 Å². The number of nitrogens with zero attached hydrogens (tertiary/aromatic N) is 6. The van der Waals surface area contributed by atoms with E-state index in [1.807, 2.05) is 34.1 Å². The number of aromatic nitrogens is 2. The highest BCUT2D eigenvalue weighted by molar-refractivity contribution is 7.99. The molecule has 11 heteroatoms. The van der Waals surface area contributed by atoms with Gasteiger partial charge in [-0.3, -0.25) is 9.59 Å². The molecule has 2 amide bonds. The van der Waals surface area contributed by atoms with E-state index in [2.05, 4.69) is 19.8 Å². The van der Waals surface area contributed by atoms with Gasteiger partial charge in [-0.2, -0.15) is 0 Å². The van der Waals surface area contributed by atoms with Gasteiger partial charge in [0.2, 0.25) is 11.8 Å². The van der Waals surface area contributed by atoms with Crippen molar-refractivity contribution in [3.63, 3.8) is 0 Å². The Morgan fingerprint density at radius 1 is 0.972 bits per heavy atom. The first kappa shape index (κ1) is 25.0. The Bertz CT molecular complexity index is 1100. The van der Waals surface area contributed by atoms with E-state index in [1.54, 1.807) is 13.2 Å². The first-order valence-corrected chi connectivity index (χ1v) is 13.7. The van der Waals surface area contributed by atoms with Crippen LogP contribution in [0.4, 0.5) is 11.5 Å². The molecule has 1 saturated carbocycles. The van der Waals surface area contributed by atoms with E-state index in [-0.39, 0.29) is 23.5 Å². The Morgan fingerprint density at radius 3 is 2.33 bits per heavy atom. The van der Waals surface area contributed by atoms with Crippen LogP contribution in [-0.4, -0.2) is 96.8 Å². The van der Waals surface area contributed by atoms with Crippen molar-refractivity contribution < 1.29 is 14.3 Å². The fraction of sp³-hybridized carbons (Fsp3) is 0.520. The predicted octanol–water partition coefficient (Wildman–Crippen LogP) is 2.64. The summed E-state index contributed by atoms with van der Waals surface area (Å²) in [6.07, 6.45) is 2.05. The maximum absolute atomic E-state index is 12.9. The summed E-state index contributed by atoms with van der Waals surface area (Å²) in [5, 5.41) is 0.854. The fourth-order valence-electron chi connectivity index (χ4n) is 4.66. The predicted molar refractivity (Wildman–Crippen MR) is 141 cm³/mol. The third kappa shape index (κ3) is 5.81. The normalized spacial score (nSPS) is 18.4. The zero-order valence-electron chi connectivity index (χ0n) is 20.4. The van der Waals surface area contributed by atoms with E-state index in [0.717, 1.165) is 43.2 Å². The number of halogens is 1. The van der Waals surface area contributed by atoms with E-state index in [1.165, 1.54) is 11.8 Å². The molecule has 0 N–H and O–H groups in total. The molecule has 2 aliphatic heterocycles. The summed E-state index contributed by atoms with van der Waals surface area (Å²) in [4.78, 5) is 42.4. The van der Waals surface area contributed by atoms with Gasteiger partial charge >= 0.3 is 0 Å². The lowest BCUT2D eigenvalue weighted by Gasteiger charge is -2.36. The van der Waals surface area contributed by atoms with Gasteiger partial charge in [-0.15, -0.1) is 0 Å². The van der Waals surface area contributed by atoms with E-state index < -0.39 is 0 Å². The maximum atomic E-state index is 12.9. The Labute approximate surface area is 220 Å². The number of para-hydroxylation sites is 2. The molecule has 3 fully saturated rings. The second kappa shape index (κ2) is 11.1. The van der Waals surface area contributed by atoms with E-state index in [4.69, 9.17) is 16.3 Å². The summed E-state index contributed by atoms with van der Waals surface area (Å²) in [7, 11) is 1.68. The van der Waals surface area contributed by atoms with Crippen molar-refractivity contribution in [1.82, 2.24) is 19.8 Å².